The van der Waals surface area contributed by atoms with Crippen LogP contribution in [0.4, 0.5) is 0 Å². The molecular formula is C6H10I4O. The summed E-state index contributed by atoms with van der Waals surface area (Å²) >= 11 is 9.37. The fourth-order valence-electron chi connectivity index (χ4n) is 0.363. The van der Waals surface area contributed by atoms with Crippen molar-refractivity contribution in [3.63, 3.8) is 0 Å². The summed E-state index contributed by atoms with van der Waals surface area (Å²) in [6.45, 7) is 4.27. The van der Waals surface area contributed by atoms with E-state index in [1.807, 2.05) is 0 Å². The van der Waals surface area contributed by atoms with E-state index in [1.165, 1.54) is 0 Å². The van der Waals surface area contributed by atoms with Gasteiger partial charge in [-0.1, -0.05) is 13.8 Å². The number of rotatable bonds is 4. The minimum Gasteiger partial charge on any atom is -0.329 e. The van der Waals surface area contributed by atoms with Gasteiger partial charge in [-0.25, -0.2) is 0 Å². The third kappa shape index (κ3) is 6.89. The zero-order chi connectivity index (χ0) is 9.12. The lowest BCUT2D eigenvalue weighted by atomic mass is 10.5. The van der Waals surface area contributed by atoms with Crippen molar-refractivity contribution < 1.29 is 4.74 Å². The molecule has 0 rings (SSSR count). The van der Waals surface area contributed by atoms with Crippen molar-refractivity contribution in [3.8, 4) is 0 Å². The van der Waals surface area contributed by atoms with Crippen LogP contribution in [0.25, 0.3) is 0 Å². The Hall–Kier alpha value is 2.88. The van der Waals surface area contributed by atoms with Crippen molar-refractivity contribution in [1.29, 1.82) is 0 Å². The molecule has 0 aromatic carbocycles. The maximum Gasteiger partial charge on any atom is 0.172 e. The molecule has 0 aliphatic heterocycles. The molecule has 0 amide bonds. The van der Waals surface area contributed by atoms with E-state index in [1.54, 1.807) is 0 Å². The Kier molecular flexibility index (Phi) is 7.17. The van der Waals surface area contributed by atoms with Crippen molar-refractivity contribution in [1.82, 2.24) is 0 Å². The molecule has 1 nitrogen and oxygen atoms in total. The molecule has 0 radical (unpaired) electrons. The van der Waals surface area contributed by atoms with Crippen molar-refractivity contribution in [2.24, 2.45) is 0 Å². The number of halogens is 4. The lowest BCUT2D eigenvalue weighted by molar-refractivity contribution is 0.0869. The van der Waals surface area contributed by atoms with Gasteiger partial charge in [0, 0.05) is 0 Å². The molecule has 0 bridgehead atoms. The van der Waals surface area contributed by atoms with E-state index in [0.29, 0.717) is 0 Å². The molecule has 0 unspecified atom stereocenters. The molecule has 0 fully saturated rings. The number of alkyl halides is 4. The Morgan fingerprint density at radius 3 is 1.36 bits per heavy atom. The number of ether oxygens (including phenoxy) is 1. The van der Waals surface area contributed by atoms with Crippen molar-refractivity contribution >= 4 is 90.4 Å². The predicted octanol–water partition coefficient (Wildman–Crippen LogP) is 4.87. The summed E-state index contributed by atoms with van der Waals surface area (Å²) in [5.74, 6) is 0. The average Bonchev–Trinajstić information content (AvgIpc) is 1.86. The van der Waals surface area contributed by atoms with Crippen molar-refractivity contribution in [2.75, 3.05) is 0 Å². The predicted molar refractivity (Wildman–Crippen MR) is 83.2 cm³/mol. The Morgan fingerprint density at radius 2 is 1.18 bits per heavy atom. The molecule has 11 heavy (non-hydrogen) atoms. The third-order valence-electron chi connectivity index (χ3n) is 1.12. The Labute approximate surface area is 123 Å². The van der Waals surface area contributed by atoms with Gasteiger partial charge >= 0.3 is 0 Å². The summed E-state index contributed by atoms with van der Waals surface area (Å²) in [6, 6.07) is 0. The lowest BCUT2D eigenvalue weighted by Gasteiger charge is -2.28. The summed E-state index contributed by atoms with van der Waals surface area (Å²) in [6.07, 6.45) is 2.06. The molecule has 0 aromatic heterocycles. The van der Waals surface area contributed by atoms with Crippen LogP contribution in [0, 0.1) is 0 Å². The first kappa shape index (κ1) is 13.9. The van der Waals surface area contributed by atoms with Gasteiger partial charge in [0.15, 0.2) is 3.23 Å². The van der Waals surface area contributed by atoms with Gasteiger partial charge in [-0.3, -0.25) is 0 Å². The van der Waals surface area contributed by atoms with E-state index >= 15 is 0 Å². The highest BCUT2D eigenvalue weighted by atomic mass is 127. The van der Waals surface area contributed by atoms with Crippen LogP contribution in [0.5, 0.6) is 0 Å². The summed E-state index contributed by atoms with van der Waals surface area (Å²) in [4.78, 5) is 0. The summed E-state index contributed by atoms with van der Waals surface area (Å²) in [7, 11) is 0. The Bertz CT molecular complexity index is 110. The normalized spacial score (nSPS) is 13.6. The quantitative estimate of drug-likeness (QED) is 0.328. The van der Waals surface area contributed by atoms with Gasteiger partial charge in [0.1, 0.15) is 0 Å². The Balaban J connectivity index is 4.02. The van der Waals surface area contributed by atoms with Gasteiger partial charge in [-0.2, -0.15) is 0 Å². The topological polar surface area (TPSA) is 9.23 Å². The number of hydrogen-bond donors (Lipinski definition) is 0. The maximum atomic E-state index is 5.87. The standard InChI is InChI=1S/C6H10I4O/c1-3-5(7,8)11-6(9,10)4-2/h3-4H2,1-2H3. The molecule has 0 aliphatic carbocycles. The van der Waals surface area contributed by atoms with E-state index < -0.39 is 0 Å². The molecule has 0 spiro atoms. The van der Waals surface area contributed by atoms with Crippen LogP contribution in [0.2, 0.25) is 0 Å². The molecule has 0 aromatic rings. The Morgan fingerprint density at radius 1 is 0.909 bits per heavy atom. The molecule has 68 valence electrons. The van der Waals surface area contributed by atoms with Crippen LogP contribution < -0.4 is 0 Å². The largest absolute Gasteiger partial charge is 0.329 e. The van der Waals surface area contributed by atoms with Crippen molar-refractivity contribution in [3.05, 3.63) is 0 Å². The fraction of sp³-hybridized carbons (Fsp3) is 1.00. The van der Waals surface area contributed by atoms with Gasteiger partial charge in [-0.05, 0) is 103 Å². The highest BCUT2D eigenvalue weighted by Crippen LogP contribution is 2.44. The highest BCUT2D eigenvalue weighted by Gasteiger charge is 2.32. The van der Waals surface area contributed by atoms with Gasteiger partial charge < -0.3 is 4.74 Å². The van der Waals surface area contributed by atoms with Crippen molar-refractivity contribution in [2.45, 2.75) is 29.9 Å². The highest BCUT2D eigenvalue weighted by molar-refractivity contribution is 14.2. The average molecular weight is 606 g/mol. The van der Waals surface area contributed by atoms with E-state index in [4.69, 9.17) is 4.74 Å². The minimum absolute atomic E-state index is 0.0477. The monoisotopic (exact) mass is 606 g/mol. The first-order valence-corrected chi connectivity index (χ1v) is 7.60. The second-order valence-corrected chi connectivity index (χ2v) is 13.2. The molecule has 0 atom stereocenters. The van der Waals surface area contributed by atoms with E-state index in [9.17, 15) is 0 Å². The minimum atomic E-state index is -0.0477. The molecule has 0 N–H and O–H groups in total. The van der Waals surface area contributed by atoms with E-state index in [2.05, 4.69) is 104 Å². The van der Waals surface area contributed by atoms with Gasteiger partial charge in [0.2, 0.25) is 0 Å². The molecule has 0 aliphatic rings. The summed E-state index contributed by atoms with van der Waals surface area (Å²) < 4.78 is 5.77. The second kappa shape index (κ2) is 5.69. The zero-order valence-corrected chi connectivity index (χ0v) is 15.0. The van der Waals surface area contributed by atoms with Crippen LogP contribution in [-0.2, 0) is 4.74 Å². The van der Waals surface area contributed by atoms with E-state index in [-0.39, 0.29) is 3.23 Å². The maximum absolute atomic E-state index is 5.87. The molecule has 0 saturated carbocycles. The lowest BCUT2D eigenvalue weighted by Crippen LogP contribution is -2.26. The SMILES string of the molecule is CCC(I)(I)OC(I)(I)CC. The van der Waals surface area contributed by atoms with Crippen LogP contribution in [0.1, 0.15) is 26.7 Å². The second-order valence-electron chi connectivity index (χ2n) is 2.08. The smallest absolute Gasteiger partial charge is 0.172 e. The van der Waals surface area contributed by atoms with Crippen LogP contribution in [-0.4, -0.2) is 3.23 Å². The van der Waals surface area contributed by atoms with Gasteiger partial charge in [-0.15, -0.1) is 0 Å². The fourth-order valence-corrected chi connectivity index (χ4v) is 3.55. The zero-order valence-electron chi connectivity index (χ0n) is 6.33. The first-order valence-electron chi connectivity index (χ1n) is 3.29. The molecule has 0 saturated heterocycles. The van der Waals surface area contributed by atoms with Crippen LogP contribution in [0.15, 0.2) is 0 Å². The first-order chi connectivity index (χ1) is 4.83. The summed E-state index contributed by atoms with van der Waals surface area (Å²) in [5, 5.41) is 0. The molecule has 5 heteroatoms. The van der Waals surface area contributed by atoms with Crippen LogP contribution >= 0.6 is 90.4 Å². The molecular weight excluding hydrogens is 596 g/mol. The van der Waals surface area contributed by atoms with Crippen LogP contribution in [0.3, 0.4) is 0 Å². The van der Waals surface area contributed by atoms with Gasteiger partial charge in [0.25, 0.3) is 0 Å². The summed E-state index contributed by atoms with van der Waals surface area (Å²) in [5.41, 5.74) is 0. The molecule has 0 heterocycles. The third-order valence-corrected chi connectivity index (χ3v) is 5.05. The number of hydrogen-bond acceptors (Lipinski definition) is 1. The van der Waals surface area contributed by atoms with E-state index in [0.717, 1.165) is 12.8 Å². The van der Waals surface area contributed by atoms with Gasteiger partial charge in [0.05, 0.1) is 0 Å².